The fourth-order valence-electron chi connectivity index (χ4n) is 2.12. The van der Waals surface area contributed by atoms with Crippen molar-refractivity contribution in [2.75, 3.05) is 32.7 Å². The van der Waals surface area contributed by atoms with Gasteiger partial charge in [0.15, 0.2) is 0 Å². The third-order valence-electron chi connectivity index (χ3n) is 3.35. The van der Waals surface area contributed by atoms with Gasteiger partial charge in [0.1, 0.15) is 5.82 Å². The Labute approximate surface area is 121 Å². The van der Waals surface area contributed by atoms with Crippen molar-refractivity contribution >= 4 is 29.1 Å². The average Bonchev–Trinajstić information content (AvgIpc) is 2.42. The molecule has 1 aromatic rings. The zero-order valence-corrected chi connectivity index (χ0v) is 12.1. The number of rotatable bonds is 2. The number of carbonyl (C=O) groups excluding carboxylic acids is 1. The van der Waals surface area contributed by atoms with E-state index in [2.05, 4.69) is 11.8 Å². The second-order valence-electron chi connectivity index (χ2n) is 4.47. The summed E-state index contributed by atoms with van der Waals surface area (Å²) in [6.07, 6.45) is 0. The molecule has 3 nitrogen and oxygen atoms in total. The monoisotopic (exact) mass is 304 g/mol. The molecule has 0 atom stereocenters. The maximum absolute atomic E-state index is 13.4. The molecule has 0 aliphatic carbocycles. The molecule has 0 aromatic heterocycles. The standard InChI is InChI=1S/C13H15Cl2FN2O/c1-2-17-3-5-18(6-4-17)13(19)9-7-12(16)11(15)8-10(9)14/h7-8H,2-6H2,1H3. The van der Waals surface area contributed by atoms with E-state index in [0.717, 1.165) is 25.7 Å². The summed E-state index contributed by atoms with van der Waals surface area (Å²) in [4.78, 5) is 16.2. The van der Waals surface area contributed by atoms with E-state index in [1.807, 2.05) is 0 Å². The molecule has 0 bridgehead atoms. The second kappa shape index (κ2) is 6.07. The number of nitrogens with zero attached hydrogens (tertiary/aromatic N) is 2. The second-order valence-corrected chi connectivity index (χ2v) is 5.29. The highest BCUT2D eigenvalue weighted by atomic mass is 35.5. The number of piperazine rings is 1. The Morgan fingerprint density at radius 3 is 2.42 bits per heavy atom. The lowest BCUT2D eigenvalue weighted by Crippen LogP contribution is -2.48. The van der Waals surface area contributed by atoms with Crippen LogP contribution in [0.5, 0.6) is 0 Å². The molecule has 0 unspecified atom stereocenters. The van der Waals surface area contributed by atoms with Gasteiger partial charge in [-0.05, 0) is 18.7 Å². The Bertz CT molecular complexity index is 488. The maximum atomic E-state index is 13.4. The molecule has 1 heterocycles. The predicted molar refractivity (Wildman–Crippen MR) is 74.4 cm³/mol. The summed E-state index contributed by atoms with van der Waals surface area (Å²) in [5.74, 6) is -0.863. The van der Waals surface area contributed by atoms with Crippen LogP contribution in [0.4, 0.5) is 4.39 Å². The van der Waals surface area contributed by atoms with Crippen molar-refractivity contribution in [3.8, 4) is 0 Å². The Morgan fingerprint density at radius 1 is 1.21 bits per heavy atom. The third kappa shape index (κ3) is 3.19. The van der Waals surface area contributed by atoms with Crippen LogP contribution in [0.2, 0.25) is 10.0 Å². The highest BCUT2D eigenvalue weighted by molar-refractivity contribution is 6.36. The molecule has 0 saturated carbocycles. The average molecular weight is 305 g/mol. The number of carbonyl (C=O) groups is 1. The van der Waals surface area contributed by atoms with Crippen LogP contribution in [-0.4, -0.2) is 48.4 Å². The zero-order chi connectivity index (χ0) is 14.0. The van der Waals surface area contributed by atoms with E-state index < -0.39 is 5.82 Å². The van der Waals surface area contributed by atoms with E-state index >= 15 is 0 Å². The number of hydrogen-bond acceptors (Lipinski definition) is 2. The lowest BCUT2D eigenvalue weighted by atomic mass is 10.1. The van der Waals surface area contributed by atoms with E-state index in [9.17, 15) is 9.18 Å². The maximum Gasteiger partial charge on any atom is 0.255 e. The van der Waals surface area contributed by atoms with E-state index in [4.69, 9.17) is 23.2 Å². The quantitative estimate of drug-likeness (QED) is 0.784. The minimum atomic E-state index is -0.624. The summed E-state index contributed by atoms with van der Waals surface area (Å²) < 4.78 is 13.4. The highest BCUT2D eigenvalue weighted by Gasteiger charge is 2.23. The van der Waals surface area contributed by atoms with Gasteiger partial charge in [-0.25, -0.2) is 4.39 Å². The molecule has 0 radical (unpaired) electrons. The van der Waals surface area contributed by atoms with Gasteiger partial charge in [0.2, 0.25) is 0 Å². The van der Waals surface area contributed by atoms with Gasteiger partial charge < -0.3 is 9.80 Å². The van der Waals surface area contributed by atoms with Gasteiger partial charge in [0.05, 0.1) is 15.6 Å². The minimum Gasteiger partial charge on any atom is -0.336 e. The lowest BCUT2D eigenvalue weighted by Gasteiger charge is -2.34. The highest BCUT2D eigenvalue weighted by Crippen LogP contribution is 2.25. The number of likely N-dealkylation sites (N-methyl/N-ethyl adjacent to an activating group) is 1. The van der Waals surface area contributed by atoms with Crippen LogP contribution < -0.4 is 0 Å². The zero-order valence-electron chi connectivity index (χ0n) is 10.6. The summed E-state index contributed by atoms with van der Waals surface area (Å²) in [6, 6.07) is 2.38. The fraction of sp³-hybridized carbons (Fsp3) is 0.462. The van der Waals surface area contributed by atoms with Crippen molar-refractivity contribution in [1.29, 1.82) is 0 Å². The molecule has 1 aliphatic heterocycles. The van der Waals surface area contributed by atoms with Crippen molar-refractivity contribution in [2.45, 2.75) is 6.92 Å². The van der Waals surface area contributed by atoms with Gasteiger partial charge in [-0.2, -0.15) is 0 Å². The number of halogens is 3. The number of hydrogen-bond donors (Lipinski definition) is 0. The molecular formula is C13H15Cl2FN2O. The molecule has 1 aliphatic rings. The number of amides is 1. The first-order valence-corrected chi connectivity index (χ1v) is 6.94. The van der Waals surface area contributed by atoms with E-state index in [1.54, 1.807) is 4.90 Å². The van der Waals surface area contributed by atoms with Crippen LogP contribution in [0, 0.1) is 5.82 Å². The predicted octanol–water partition coefficient (Wildman–Crippen LogP) is 2.91. The van der Waals surface area contributed by atoms with Crippen molar-refractivity contribution in [1.82, 2.24) is 9.80 Å². The Hall–Kier alpha value is -0.840. The summed E-state index contributed by atoms with van der Waals surface area (Å²) >= 11 is 11.6. The van der Waals surface area contributed by atoms with Gasteiger partial charge in [-0.3, -0.25) is 4.79 Å². The van der Waals surface area contributed by atoms with Crippen LogP contribution in [0.1, 0.15) is 17.3 Å². The summed E-state index contributed by atoms with van der Waals surface area (Å²) in [5, 5.41) is 0.117. The molecule has 1 fully saturated rings. The first-order valence-electron chi connectivity index (χ1n) is 6.19. The van der Waals surface area contributed by atoms with Crippen molar-refractivity contribution in [3.63, 3.8) is 0 Å². The first kappa shape index (κ1) is 14.6. The van der Waals surface area contributed by atoms with Crippen LogP contribution in [0.3, 0.4) is 0 Å². The molecular weight excluding hydrogens is 290 g/mol. The molecule has 0 spiro atoms. The van der Waals surface area contributed by atoms with Gasteiger partial charge in [0, 0.05) is 26.2 Å². The summed E-state index contributed by atoms with van der Waals surface area (Å²) in [5.41, 5.74) is 0.175. The van der Waals surface area contributed by atoms with E-state index in [1.165, 1.54) is 6.07 Å². The topological polar surface area (TPSA) is 23.6 Å². The third-order valence-corrected chi connectivity index (χ3v) is 3.95. The molecule has 19 heavy (non-hydrogen) atoms. The largest absolute Gasteiger partial charge is 0.336 e. The molecule has 0 N–H and O–H groups in total. The molecule has 104 valence electrons. The first-order chi connectivity index (χ1) is 9.02. The van der Waals surface area contributed by atoms with Crippen molar-refractivity contribution < 1.29 is 9.18 Å². The minimum absolute atomic E-state index is 0.0719. The van der Waals surface area contributed by atoms with E-state index in [0.29, 0.717) is 13.1 Å². The van der Waals surface area contributed by atoms with Crippen LogP contribution in [0.15, 0.2) is 12.1 Å². The van der Waals surface area contributed by atoms with Crippen LogP contribution >= 0.6 is 23.2 Å². The lowest BCUT2D eigenvalue weighted by molar-refractivity contribution is 0.0643. The molecule has 6 heteroatoms. The Kier molecular flexibility index (Phi) is 4.66. The van der Waals surface area contributed by atoms with E-state index in [-0.39, 0.29) is 21.5 Å². The Morgan fingerprint density at radius 2 is 1.84 bits per heavy atom. The SMILES string of the molecule is CCN1CCN(C(=O)c2cc(F)c(Cl)cc2Cl)CC1. The smallest absolute Gasteiger partial charge is 0.255 e. The molecule has 2 rings (SSSR count). The number of benzene rings is 1. The molecule has 1 aromatic carbocycles. The summed E-state index contributed by atoms with van der Waals surface area (Å²) in [6.45, 7) is 5.98. The molecule has 1 saturated heterocycles. The van der Waals surface area contributed by atoms with Gasteiger partial charge in [-0.15, -0.1) is 0 Å². The summed E-state index contributed by atoms with van der Waals surface area (Å²) in [7, 11) is 0. The van der Waals surface area contributed by atoms with Gasteiger partial charge >= 0.3 is 0 Å². The van der Waals surface area contributed by atoms with Crippen molar-refractivity contribution in [2.24, 2.45) is 0 Å². The van der Waals surface area contributed by atoms with Crippen LogP contribution in [0.25, 0.3) is 0 Å². The Balaban J connectivity index is 2.14. The molecule has 1 amide bonds. The van der Waals surface area contributed by atoms with Crippen LogP contribution in [-0.2, 0) is 0 Å². The van der Waals surface area contributed by atoms with Gasteiger partial charge in [0.25, 0.3) is 5.91 Å². The fourth-order valence-corrected chi connectivity index (χ4v) is 2.59. The van der Waals surface area contributed by atoms with Crippen molar-refractivity contribution in [3.05, 3.63) is 33.6 Å². The normalized spacial score (nSPS) is 16.7. The van der Waals surface area contributed by atoms with Gasteiger partial charge in [-0.1, -0.05) is 30.1 Å².